The van der Waals surface area contributed by atoms with Crippen molar-refractivity contribution in [3.8, 4) is 16.9 Å². The van der Waals surface area contributed by atoms with Crippen LogP contribution in [0.15, 0.2) is 91.4 Å². The molecule has 1 atom stereocenters. The van der Waals surface area contributed by atoms with Crippen molar-refractivity contribution in [1.82, 2.24) is 14.8 Å². The van der Waals surface area contributed by atoms with E-state index in [1.165, 1.54) is 6.08 Å². The van der Waals surface area contributed by atoms with Crippen molar-refractivity contribution >= 4 is 23.6 Å². The van der Waals surface area contributed by atoms with E-state index in [0.29, 0.717) is 12.2 Å². The first kappa shape index (κ1) is 23.2. The zero-order chi connectivity index (χ0) is 24.9. The van der Waals surface area contributed by atoms with Gasteiger partial charge in [0.1, 0.15) is 5.69 Å². The van der Waals surface area contributed by atoms with Crippen LogP contribution in [-0.4, -0.2) is 39.3 Å². The number of aryl methyl sites for hydroxylation is 1. The molecule has 3 heterocycles. The van der Waals surface area contributed by atoms with Crippen LogP contribution in [0.2, 0.25) is 0 Å². The Kier molecular flexibility index (Phi) is 6.71. The minimum atomic E-state index is -0.904. The van der Waals surface area contributed by atoms with Crippen molar-refractivity contribution in [3.63, 3.8) is 0 Å². The summed E-state index contributed by atoms with van der Waals surface area (Å²) in [7, 11) is 0. The van der Waals surface area contributed by atoms with Crippen molar-refractivity contribution in [3.05, 3.63) is 103 Å². The number of pyridine rings is 1. The van der Waals surface area contributed by atoms with Crippen LogP contribution in [0.5, 0.6) is 0 Å². The Morgan fingerprint density at radius 3 is 2.64 bits per heavy atom. The van der Waals surface area contributed by atoms with Crippen LogP contribution in [0.3, 0.4) is 0 Å². The Bertz CT molecular complexity index is 1400. The molecule has 0 spiro atoms. The number of carbonyl (C=O) groups excluding carboxylic acids is 2. The smallest absolute Gasteiger partial charge is 0.331 e. The molecule has 36 heavy (non-hydrogen) atoms. The van der Waals surface area contributed by atoms with Gasteiger partial charge in [0.25, 0.3) is 5.91 Å². The number of aromatic nitrogens is 3. The molecule has 180 valence electrons. The van der Waals surface area contributed by atoms with Crippen LogP contribution in [0, 0.1) is 0 Å². The lowest BCUT2D eigenvalue weighted by atomic mass is 10.0. The normalized spacial score (nSPS) is 13.9. The van der Waals surface area contributed by atoms with Crippen molar-refractivity contribution in [2.24, 2.45) is 0 Å². The topological polar surface area (TPSA) is 77.3 Å². The quantitative estimate of drug-likeness (QED) is 0.292. The Labute approximate surface area is 209 Å². The van der Waals surface area contributed by atoms with Crippen molar-refractivity contribution < 1.29 is 14.3 Å². The first-order valence-corrected chi connectivity index (χ1v) is 11.9. The molecule has 0 fully saturated rings. The van der Waals surface area contributed by atoms with E-state index in [0.717, 1.165) is 40.9 Å². The molecular weight excluding hydrogens is 452 g/mol. The fraction of sp³-hybridized carbons (Fsp3) is 0.172. The zero-order valence-electron chi connectivity index (χ0n) is 19.9. The number of benzene rings is 2. The molecule has 0 aliphatic carbocycles. The van der Waals surface area contributed by atoms with E-state index in [1.807, 2.05) is 72.9 Å². The molecule has 0 radical (unpaired) electrons. The first-order valence-electron chi connectivity index (χ1n) is 11.9. The minimum absolute atomic E-state index is 0.225. The third-order valence-corrected chi connectivity index (χ3v) is 6.11. The van der Waals surface area contributed by atoms with Gasteiger partial charge in [-0.05, 0) is 61.7 Å². The van der Waals surface area contributed by atoms with E-state index >= 15 is 0 Å². The van der Waals surface area contributed by atoms with Gasteiger partial charge in [-0.2, -0.15) is 5.10 Å². The summed E-state index contributed by atoms with van der Waals surface area (Å²) >= 11 is 0. The van der Waals surface area contributed by atoms with Gasteiger partial charge >= 0.3 is 5.97 Å². The standard InChI is InChI=1S/C29H26N4O3/c1-21(29(35)32-18-8-11-22-9-5-6-14-26(22)32)36-27(34)16-15-24-20-33(25-12-3-2-4-13-25)31-28(24)23-10-7-17-30-19-23/h2-7,9-10,12-17,19-21H,8,11,18H2,1H3/b16-15+. The monoisotopic (exact) mass is 478 g/mol. The highest BCUT2D eigenvalue weighted by Gasteiger charge is 2.28. The molecule has 2 aromatic heterocycles. The van der Waals surface area contributed by atoms with E-state index in [4.69, 9.17) is 9.84 Å². The molecule has 1 aliphatic rings. The zero-order valence-corrected chi connectivity index (χ0v) is 19.9. The highest BCUT2D eigenvalue weighted by atomic mass is 16.5. The lowest BCUT2D eigenvalue weighted by Crippen LogP contribution is -2.42. The maximum Gasteiger partial charge on any atom is 0.331 e. The van der Waals surface area contributed by atoms with Gasteiger partial charge in [0.15, 0.2) is 6.10 Å². The molecule has 1 amide bonds. The number of rotatable bonds is 6. The number of fused-ring (bicyclic) bond motifs is 1. The molecular formula is C29H26N4O3. The van der Waals surface area contributed by atoms with E-state index in [9.17, 15) is 9.59 Å². The molecule has 7 nitrogen and oxygen atoms in total. The number of para-hydroxylation sites is 2. The average Bonchev–Trinajstić information content (AvgIpc) is 3.36. The van der Waals surface area contributed by atoms with Crippen molar-refractivity contribution in [2.45, 2.75) is 25.9 Å². The van der Waals surface area contributed by atoms with Gasteiger partial charge in [0.05, 0.1) is 5.69 Å². The Morgan fingerprint density at radius 1 is 1.03 bits per heavy atom. The minimum Gasteiger partial charge on any atom is -0.449 e. The van der Waals surface area contributed by atoms with E-state index < -0.39 is 12.1 Å². The third kappa shape index (κ3) is 4.95. The molecule has 0 N–H and O–H groups in total. The highest BCUT2D eigenvalue weighted by Crippen LogP contribution is 2.28. The Hall–Kier alpha value is -4.52. The largest absolute Gasteiger partial charge is 0.449 e. The molecule has 1 aliphatic heterocycles. The van der Waals surface area contributed by atoms with Gasteiger partial charge in [-0.15, -0.1) is 0 Å². The number of anilines is 1. The second-order valence-electron chi connectivity index (χ2n) is 8.59. The van der Waals surface area contributed by atoms with Crippen LogP contribution in [0.1, 0.15) is 24.5 Å². The molecule has 1 unspecified atom stereocenters. The SMILES string of the molecule is CC(OC(=O)/C=C/c1cn(-c2ccccc2)nc1-c1cccnc1)C(=O)N1CCCc2ccccc21. The molecule has 4 aromatic rings. The van der Waals surface area contributed by atoms with Gasteiger partial charge < -0.3 is 9.64 Å². The van der Waals surface area contributed by atoms with Gasteiger partial charge in [-0.25, -0.2) is 9.48 Å². The van der Waals surface area contributed by atoms with E-state index in [1.54, 1.807) is 35.0 Å². The lowest BCUT2D eigenvalue weighted by molar-refractivity contribution is -0.149. The molecule has 7 heteroatoms. The number of hydrogen-bond acceptors (Lipinski definition) is 5. The van der Waals surface area contributed by atoms with Crippen LogP contribution in [-0.2, 0) is 20.7 Å². The Morgan fingerprint density at radius 2 is 1.83 bits per heavy atom. The van der Waals surface area contributed by atoms with Crippen LogP contribution in [0.25, 0.3) is 23.0 Å². The maximum absolute atomic E-state index is 13.1. The number of carbonyl (C=O) groups is 2. The average molecular weight is 479 g/mol. The number of nitrogens with zero attached hydrogens (tertiary/aromatic N) is 4. The van der Waals surface area contributed by atoms with Gasteiger partial charge in [-0.3, -0.25) is 9.78 Å². The first-order chi connectivity index (χ1) is 17.6. The summed E-state index contributed by atoms with van der Waals surface area (Å²) in [5, 5.41) is 4.71. The fourth-order valence-electron chi connectivity index (χ4n) is 4.35. The van der Waals surface area contributed by atoms with Crippen LogP contribution < -0.4 is 4.90 Å². The van der Waals surface area contributed by atoms with Crippen LogP contribution >= 0.6 is 0 Å². The number of esters is 1. The van der Waals surface area contributed by atoms with E-state index in [2.05, 4.69) is 4.98 Å². The second-order valence-corrected chi connectivity index (χ2v) is 8.59. The highest BCUT2D eigenvalue weighted by molar-refractivity contribution is 5.99. The third-order valence-electron chi connectivity index (χ3n) is 6.11. The summed E-state index contributed by atoms with van der Waals surface area (Å²) in [5.41, 5.74) is 5.16. The summed E-state index contributed by atoms with van der Waals surface area (Å²) in [6.45, 7) is 2.22. The van der Waals surface area contributed by atoms with Crippen LogP contribution in [0.4, 0.5) is 5.69 Å². The number of ether oxygens (including phenoxy) is 1. The van der Waals surface area contributed by atoms with Gasteiger partial charge in [-0.1, -0.05) is 36.4 Å². The van der Waals surface area contributed by atoms with Crippen molar-refractivity contribution in [1.29, 1.82) is 0 Å². The van der Waals surface area contributed by atoms with Crippen molar-refractivity contribution in [2.75, 3.05) is 11.4 Å². The fourth-order valence-corrected chi connectivity index (χ4v) is 4.35. The molecule has 0 saturated carbocycles. The van der Waals surface area contributed by atoms with Gasteiger partial charge in [0.2, 0.25) is 0 Å². The molecule has 2 aromatic carbocycles. The predicted octanol–water partition coefficient (Wildman–Crippen LogP) is 4.86. The lowest BCUT2D eigenvalue weighted by Gasteiger charge is -2.31. The summed E-state index contributed by atoms with van der Waals surface area (Å²) in [5.74, 6) is -0.817. The molecule has 0 saturated heterocycles. The maximum atomic E-state index is 13.1. The number of amides is 1. The summed E-state index contributed by atoms with van der Waals surface area (Å²) < 4.78 is 7.24. The predicted molar refractivity (Wildman–Crippen MR) is 138 cm³/mol. The van der Waals surface area contributed by atoms with Gasteiger partial charge in [0, 0.05) is 48.0 Å². The second kappa shape index (κ2) is 10.4. The molecule has 5 rings (SSSR count). The Balaban J connectivity index is 1.33. The summed E-state index contributed by atoms with van der Waals surface area (Å²) in [4.78, 5) is 31.6. The number of hydrogen-bond donors (Lipinski definition) is 0. The van der Waals surface area contributed by atoms with E-state index in [-0.39, 0.29) is 5.91 Å². The summed E-state index contributed by atoms with van der Waals surface area (Å²) in [6.07, 6.45) is 9.18. The molecule has 0 bridgehead atoms. The summed E-state index contributed by atoms with van der Waals surface area (Å²) in [6, 6.07) is 21.3.